The Kier molecular flexibility index (Phi) is 2.93. The molecule has 0 atom stereocenters. The number of nitrogens with zero attached hydrogens (tertiary/aromatic N) is 2. The van der Waals surface area contributed by atoms with Crippen molar-refractivity contribution >= 4 is 17.1 Å². The van der Waals surface area contributed by atoms with E-state index >= 15 is 0 Å². The normalized spacial score (nSPS) is 11.0. The number of fused-ring (bicyclic) bond motifs is 1. The van der Waals surface area contributed by atoms with Gasteiger partial charge in [-0.25, -0.2) is 0 Å². The van der Waals surface area contributed by atoms with E-state index in [1.807, 2.05) is 37.3 Å². The highest BCUT2D eigenvalue weighted by atomic mass is 16.6. The van der Waals surface area contributed by atoms with Crippen LogP contribution in [0.15, 0.2) is 41.7 Å². The van der Waals surface area contributed by atoms with Crippen LogP contribution in [-0.4, -0.2) is 17.8 Å². The van der Waals surface area contributed by atoms with Crippen molar-refractivity contribution < 1.29 is 4.84 Å². The van der Waals surface area contributed by atoms with E-state index in [1.165, 1.54) is 0 Å². The minimum Gasteiger partial charge on any atom is -0.396 e. The van der Waals surface area contributed by atoms with Crippen LogP contribution in [0, 0.1) is 0 Å². The largest absolute Gasteiger partial charge is 0.396 e. The molecule has 2 rings (SSSR count). The molecule has 1 aromatic carbocycles. The molecule has 0 saturated carbocycles. The predicted octanol–water partition coefficient (Wildman–Crippen LogP) is 2.61. The van der Waals surface area contributed by atoms with E-state index < -0.39 is 0 Å². The summed E-state index contributed by atoms with van der Waals surface area (Å²) in [5.74, 6) is 0. The first kappa shape index (κ1) is 9.65. The lowest BCUT2D eigenvalue weighted by Crippen LogP contribution is -1.88. The molecule has 0 radical (unpaired) electrons. The molecular formula is C12H12N2O. The highest BCUT2D eigenvalue weighted by Crippen LogP contribution is 2.13. The minimum atomic E-state index is 0.578. The zero-order valence-corrected chi connectivity index (χ0v) is 8.55. The Labute approximate surface area is 88.4 Å². The van der Waals surface area contributed by atoms with Crippen molar-refractivity contribution in [2.75, 3.05) is 6.61 Å². The second kappa shape index (κ2) is 4.55. The summed E-state index contributed by atoms with van der Waals surface area (Å²) in [5, 5.41) is 4.95. The van der Waals surface area contributed by atoms with Crippen LogP contribution in [0.5, 0.6) is 0 Å². The van der Waals surface area contributed by atoms with Crippen molar-refractivity contribution in [1.82, 2.24) is 4.98 Å². The number of pyridine rings is 1. The van der Waals surface area contributed by atoms with E-state index in [0.717, 1.165) is 16.5 Å². The standard InChI is InChI=1S/C12H12N2O/c1-2-15-14-9-11-6-3-5-10-7-4-8-13-12(10)11/h3-9H,2H2,1H3/b14-9+. The van der Waals surface area contributed by atoms with Crippen molar-refractivity contribution in [3.63, 3.8) is 0 Å². The van der Waals surface area contributed by atoms with Crippen molar-refractivity contribution in [1.29, 1.82) is 0 Å². The van der Waals surface area contributed by atoms with Gasteiger partial charge in [-0.15, -0.1) is 0 Å². The fourth-order valence-electron chi connectivity index (χ4n) is 1.40. The van der Waals surface area contributed by atoms with Crippen LogP contribution in [-0.2, 0) is 4.84 Å². The zero-order chi connectivity index (χ0) is 10.5. The van der Waals surface area contributed by atoms with Gasteiger partial charge in [0.2, 0.25) is 0 Å². The van der Waals surface area contributed by atoms with Gasteiger partial charge in [0.05, 0.1) is 11.7 Å². The first-order valence-corrected chi connectivity index (χ1v) is 4.91. The van der Waals surface area contributed by atoms with Gasteiger partial charge in [0.25, 0.3) is 0 Å². The summed E-state index contributed by atoms with van der Waals surface area (Å²) in [6.45, 7) is 2.48. The average Bonchev–Trinajstić information content (AvgIpc) is 2.30. The lowest BCUT2D eigenvalue weighted by Gasteiger charge is -1.99. The molecule has 0 aliphatic carbocycles. The molecule has 0 aliphatic rings. The quantitative estimate of drug-likeness (QED) is 0.563. The monoisotopic (exact) mass is 200 g/mol. The van der Waals surface area contributed by atoms with Crippen LogP contribution in [0.1, 0.15) is 12.5 Å². The molecule has 0 saturated heterocycles. The molecule has 2 aromatic rings. The zero-order valence-electron chi connectivity index (χ0n) is 8.55. The molecule has 15 heavy (non-hydrogen) atoms. The maximum absolute atomic E-state index is 4.93. The molecule has 0 unspecified atom stereocenters. The molecule has 0 amide bonds. The second-order valence-electron chi connectivity index (χ2n) is 3.07. The first-order valence-electron chi connectivity index (χ1n) is 4.91. The van der Waals surface area contributed by atoms with E-state index in [2.05, 4.69) is 10.1 Å². The average molecular weight is 200 g/mol. The molecule has 0 fully saturated rings. The summed E-state index contributed by atoms with van der Waals surface area (Å²) >= 11 is 0. The molecule has 0 bridgehead atoms. The summed E-state index contributed by atoms with van der Waals surface area (Å²) < 4.78 is 0. The number of hydrogen-bond acceptors (Lipinski definition) is 3. The topological polar surface area (TPSA) is 34.5 Å². The van der Waals surface area contributed by atoms with Gasteiger partial charge in [0, 0.05) is 17.1 Å². The highest BCUT2D eigenvalue weighted by molar-refractivity contribution is 5.97. The summed E-state index contributed by atoms with van der Waals surface area (Å²) in [4.78, 5) is 9.24. The fourth-order valence-corrected chi connectivity index (χ4v) is 1.40. The summed E-state index contributed by atoms with van der Waals surface area (Å²) in [6, 6.07) is 9.93. The molecular weight excluding hydrogens is 188 g/mol. The highest BCUT2D eigenvalue weighted by Gasteiger charge is 1.97. The third-order valence-corrected chi connectivity index (χ3v) is 2.06. The molecule has 3 nitrogen and oxygen atoms in total. The van der Waals surface area contributed by atoms with E-state index in [4.69, 9.17) is 4.84 Å². The van der Waals surface area contributed by atoms with Crippen molar-refractivity contribution in [3.8, 4) is 0 Å². The Hall–Kier alpha value is -1.90. The maximum Gasteiger partial charge on any atom is 0.114 e. The van der Waals surface area contributed by atoms with Gasteiger partial charge in [-0.05, 0) is 13.0 Å². The number of oxime groups is 1. The third-order valence-electron chi connectivity index (χ3n) is 2.06. The van der Waals surface area contributed by atoms with Gasteiger partial charge in [-0.2, -0.15) is 0 Å². The molecule has 0 spiro atoms. The molecule has 0 N–H and O–H groups in total. The Morgan fingerprint density at radius 1 is 1.33 bits per heavy atom. The van der Waals surface area contributed by atoms with Crippen LogP contribution < -0.4 is 0 Å². The van der Waals surface area contributed by atoms with Crippen LogP contribution in [0.2, 0.25) is 0 Å². The lowest BCUT2D eigenvalue weighted by atomic mass is 10.1. The smallest absolute Gasteiger partial charge is 0.114 e. The SMILES string of the molecule is CCO/N=C/c1cccc2cccnc12. The fraction of sp³-hybridized carbons (Fsp3) is 0.167. The second-order valence-corrected chi connectivity index (χ2v) is 3.07. The molecule has 0 aliphatic heterocycles. The lowest BCUT2D eigenvalue weighted by molar-refractivity contribution is 0.160. The van der Waals surface area contributed by atoms with Gasteiger partial charge >= 0.3 is 0 Å². The van der Waals surface area contributed by atoms with Crippen LogP contribution in [0.3, 0.4) is 0 Å². The Balaban J connectivity index is 2.42. The van der Waals surface area contributed by atoms with Gasteiger partial charge in [0.15, 0.2) is 0 Å². The Morgan fingerprint density at radius 3 is 3.07 bits per heavy atom. The molecule has 3 heteroatoms. The van der Waals surface area contributed by atoms with Crippen LogP contribution in [0.25, 0.3) is 10.9 Å². The summed E-state index contributed by atoms with van der Waals surface area (Å²) in [7, 11) is 0. The maximum atomic E-state index is 4.93. The summed E-state index contributed by atoms with van der Waals surface area (Å²) in [6.07, 6.45) is 3.47. The predicted molar refractivity (Wildman–Crippen MR) is 61.0 cm³/mol. The minimum absolute atomic E-state index is 0.578. The van der Waals surface area contributed by atoms with Crippen molar-refractivity contribution in [2.24, 2.45) is 5.16 Å². The Bertz CT molecular complexity index is 475. The van der Waals surface area contributed by atoms with Gasteiger partial charge in [-0.1, -0.05) is 29.4 Å². The molecule has 1 heterocycles. The Morgan fingerprint density at radius 2 is 2.20 bits per heavy atom. The van der Waals surface area contributed by atoms with Crippen molar-refractivity contribution in [2.45, 2.75) is 6.92 Å². The number of aromatic nitrogens is 1. The van der Waals surface area contributed by atoms with E-state index in [0.29, 0.717) is 6.61 Å². The molecule has 1 aromatic heterocycles. The van der Waals surface area contributed by atoms with Crippen LogP contribution in [0.4, 0.5) is 0 Å². The number of para-hydroxylation sites is 1. The van der Waals surface area contributed by atoms with Gasteiger partial charge < -0.3 is 4.84 Å². The van der Waals surface area contributed by atoms with Crippen LogP contribution >= 0.6 is 0 Å². The van der Waals surface area contributed by atoms with Crippen molar-refractivity contribution in [3.05, 3.63) is 42.1 Å². The van der Waals surface area contributed by atoms with Gasteiger partial charge in [-0.3, -0.25) is 4.98 Å². The van der Waals surface area contributed by atoms with E-state index in [-0.39, 0.29) is 0 Å². The third kappa shape index (κ3) is 2.13. The molecule has 76 valence electrons. The number of rotatable bonds is 3. The summed E-state index contributed by atoms with van der Waals surface area (Å²) in [5.41, 5.74) is 1.92. The van der Waals surface area contributed by atoms with E-state index in [1.54, 1.807) is 12.4 Å². The van der Waals surface area contributed by atoms with E-state index in [9.17, 15) is 0 Å². The van der Waals surface area contributed by atoms with Gasteiger partial charge in [0.1, 0.15) is 6.61 Å². The first-order chi connectivity index (χ1) is 7.42. The number of hydrogen-bond donors (Lipinski definition) is 0. The number of benzene rings is 1.